The molecule has 202 valence electrons. The van der Waals surface area contributed by atoms with Crippen LogP contribution < -0.4 is 10.4 Å². The summed E-state index contributed by atoms with van der Waals surface area (Å²) in [5.41, 5.74) is -1.69. The molecule has 2 aliphatic rings. The van der Waals surface area contributed by atoms with Crippen LogP contribution in [0.3, 0.4) is 0 Å². The van der Waals surface area contributed by atoms with Crippen molar-refractivity contribution < 1.29 is 38.4 Å². The van der Waals surface area contributed by atoms with Gasteiger partial charge in [-0.3, -0.25) is 0 Å². The number of allylic oxidation sites excluding steroid dienone is 4. The Hall–Kier alpha value is -2.98. The van der Waals surface area contributed by atoms with Crippen LogP contribution in [0.2, 0.25) is 0 Å². The first kappa shape index (κ1) is 28.6. The molecule has 0 aliphatic carbocycles. The number of ether oxygens (including phenoxy) is 4. The van der Waals surface area contributed by atoms with Gasteiger partial charge in [-0.15, -0.1) is 0 Å². The summed E-state index contributed by atoms with van der Waals surface area (Å²) in [5.74, 6) is 0.238. The molecule has 3 rings (SSSR count). The molecular weight excluding hydrogens is 480 g/mol. The van der Waals surface area contributed by atoms with Gasteiger partial charge in [-0.25, -0.2) is 9.59 Å². The lowest BCUT2D eigenvalue weighted by atomic mass is 9.69. The molecule has 1 aromatic heterocycles. The van der Waals surface area contributed by atoms with E-state index in [9.17, 15) is 19.8 Å². The Bertz CT molecular complexity index is 1160. The number of methoxy groups -OCH3 is 1. The maximum Gasteiger partial charge on any atom is 0.339 e. The molecular formula is C28H36O9. The van der Waals surface area contributed by atoms with Crippen molar-refractivity contribution in [3.05, 3.63) is 69.8 Å². The highest BCUT2D eigenvalue weighted by Crippen LogP contribution is 2.55. The van der Waals surface area contributed by atoms with Gasteiger partial charge in [-0.1, -0.05) is 37.3 Å². The Kier molecular flexibility index (Phi) is 8.96. The van der Waals surface area contributed by atoms with Crippen LogP contribution in [-0.2, 0) is 19.0 Å². The van der Waals surface area contributed by atoms with E-state index >= 15 is 0 Å². The highest BCUT2D eigenvalue weighted by Gasteiger charge is 2.69. The van der Waals surface area contributed by atoms with Crippen molar-refractivity contribution >= 4 is 12.0 Å². The van der Waals surface area contributed by atoms with E-state index in [1.54, 1.807) is 70.2 Å². The normalized spacial score (nSPS) is 32.1. The molecule has 3 heterocycles. The summed E-state index contributed by atoms with van der Waals surface area (Å²) in [6, 6.07) is 1.25. The summed E-state index contributed by atoms with van der Waals surface area (Å²) in [7, 11) is 1.30. The number of aliphatic hydroxyl groups excluding tert-OH is 1. The number of carbonyl (C=O) groups is 1. The molecule has 6 atom stereocenters. The SMILES string of the molecule is CC[C@H]1O[C@@H]2OC(/C=C/C=C/C=C/c3oc(=O)cc(OC/C=C(\C)C(=O)OC)c3C)[C@H](O)[C@]2(C)[C@@]1(C)O. The van der Waals surface area contributed by atoms with Gasteiger partial charge in [0.1, 0.15) is 29.8 Å². The molecule has 0 radical (unpaired) electrons. The Balaban J connectivity index is 1.61. The standard InChI is InChI=1S/C28H36O9/c1-7-22-28(5,32)27(4)24(30)20(36-26(27)37-22)13-11-9-8-10-12-19-18(3)21(16-23(29)35-19)34-15-14-17(2)25(31)33-6/h8-14,16,20,22,24,26,30,32H,7,15H2,1-6H3/b9-8+,12-10+,13-11+,17-14+/t20?,22-,24+,26+,27+,28+/m1/s1. The zero-order chi connectivity index (χ0) is 27.4. The molecule has 2 aliphatic heterocycles. The summed E-state index contributed by atoms with van der Waals surface area (Å²) in [6.07, 6.45) is 9.77. The van der Waals surface area contributed by atoms with E-state index in [1.807, 2.05) is 6.92 Å². The van der Waals surface area contributed by atoms with E-state index in [2.05, 4.69) is 4.74 Å². The van der Waals surface area contributed by atoms with Crippen LogP contribution in [0, 0.1) is 12.3 Å². The third kappa shape index (κ3) is 5.65. The lowest BCUT2D eigenvalue weighted by molar-refractivity contribution is -0.144. The van der Waals surface area contributed by atoms with Gasteiger partial charge in [0.25, 0.3) is 0 Å². The zero-order valence-corrected chi connectivity index (χ0v) is 22.1. The molecule has 37 heavy (non-hydrogen) atoms. The van der Waals surface area contributed by atoms with E-state index in [1.165, 1.54) is 13.2 Å². The summed E-state index contributed by atoms with van der Waals surface area (Å²) in [6.45, 7) is 8.86. The highest BCUT2D eigenvalue weighted by molar-refractivity contribution is 5.87. The fourth-order valence-corrected chi connectivity index (χ4v) is 4.63. The summed E-state index contributed by atoms with van der Waals surface area (Å²) in [4.78, 5) is 23.4. The van der Waals surface area contributed by atoms with Gasteiger partial charge in [-0.2, -0.15) is 0 Å². The quantitative estimate of drug-likeness (QED) is 0.289. The van der Waals surface area contributed by atoms with Crippen LogP contribution in [0.4, 0.5) is 0 Å². The first-order chi connectivity index (χ1) is 17.5. The minimum atomic E-state index is -1.22. The molecule has 0 aromatic carbocycles. The average molecular weight is 517 g/mol. The first-order valence-electron chi connectivity index (χ1n) is 12.2. The first-order valence-corrected chi connectivity index (χ1v) is 12.2. The maximum atomic E-state index is 12.0. The van der Waals surface area contributed by atoms with Crippen LogP contribution in [0.25, 0.3) is 6.08 Å². The second kappa shape index (κ2) is 11.6. The van der Waals surface area contributed by atoms with Crippen molar-refractivity contribution in [1.82, 2.24) is 0 Å². The molecule has 0 amide bonds. The molecule has 0 saturated carbocycles. The minimum Gasteiger partial charge on any atom is -0.489 e. The van der Waals surface area contributed by atoms with Crippen LogP contribution in [0.5, 0.6) is 5.75 Å². The number of fused-ring (bicyclic) bond motifs is 1. The predicted octanol–water partition coefficient (Wildman–Crippen LogP) is 3.22. The number of aliphatic hydroxyl groups is 2. The second-order valence-electron chi connectivity index (χ2n) is 9.58. The smallest absolute Gasteiger partial charge is 0.339 e. The van der Waals surface area contributed by atoms with Gasteiger partial charge in [0.15, 0.2) is 6.29 Å². The van der Waals surface area contributed by atoms with E-state index in [-0.39, 0.29) is 6.61 Å². The Morgan fingerprint density at radius 3 is 2.54 bits per heavy atom. The van der Waals surface area contributed by atoms with Crippen molar-refractivity contribution in [1.29, 1.82) is 0 Å². The van der Waals surface area contributed by atoms with Gasteiger partial charge in [0, 0.05) is 11.1 Å². The van der Waals surface area contributed by atoms with E-state index < -0.39 is 47.2 Å². The van der Waals surface area contributed by atoms with Crippen molar-refractivity contribution in [2.45, 2.75) is 71.2 Å². The molecule has 1 aromatic rings. The van der Waals surface area contributed by atoms with Gasteiger partial charge in [0.05, 0.1) is 30.8 Å². The number of carbonyl (C=O) groups excluding carboxylic acids is 1. The zero-order valence-electron chi connectivity index (χ0n) is 22.1. The van der Waals surface area contributed by atoms with Crippen molar-refractivity contribution in [2.24, 2.45) is 5.41 Å². The molecule has 2 fully saturated rings. The minimum absolute atomic E-state index is 0.0909. The predicted molar refractivity (Wildman–Crippen MR) is 137 cm³/mol. The number of rotatable bonds is 9. The molecule has 0 bridgehead atoms. The van der Waals surface area contributed by atoms with Crippen LogP contribution >= 0.6 is 0 Å². The number of esters is 1. The van der Waals surface area contributed by atoms with E-state index in [0.717, 1.165) is 0 Å². The fourth-order valence-electron chi connectivity index (χ4n) is 4.63. The largest absolute Gasteiger partial charge is 0.489 e. The number of hydrogen-bond donors (Lipinski definition) is 2. The molecule has 9 heteroatoms. The fraction of sp³-hybridized carbons (Fsp3) is 0.500. The molecule has 0 spiro atoms. The summed E-state index contributed by atoms with van der Waals surface area (Å²) < 4.78 is 27.3. The van der Waals surface area contributed by atoms with Crippen LogP contribution in [0.1, 0.15) is 45.4 Å². The van der Waals surface area contributed by atoms with Gasteiger partial charge < -0.3 is 33.6 Å². The Labute approximate surface area is 216 Å². The van der Waals surface area contributed by atoms with Gasteiger partial charge >= 0.3 is 11.6 Å². The monoisotopic (exact) mass is 516 g/mol. The summed E-state index contributed by atoms with van der Waals surface area (Å²) in [5, 5.41) is 21.9. The lowest BCUT2D eigenvalue weighted by Crippen LogP contribution is -2.54. The second-order valence-corrected chi connectivity index (χ2v) is 9.58. The molecule has 2 saturated heterocycles. The van der Waals surface area contributed by atoms with Crippen molar-refractivity contribution in [3.63, 3.8) is 0 Å². The van der Waals surface area contributed by atoms with Crippen LogP contribution in [-0.4, -0.2) is 60.1 Å². The third-order valence-corrected chi connectivity index (χ3v) is 7.29. The van der Waals surface area contributed by atoms with E-state index in [0.29, 0.717) is 29.1 Å². The van der Waals surface area contributed by atoms with Crippen molar-refractivity contribution in [3.8, 4) is 5.75 Å². The average Bonchev–Trinajstić information content (AvgIpc) is 3.22. The van der Waals surface area contributed by atoms with Gasteiger partial charge in [-0.05, 0) is 46.3 Å². The number of hydrogen-bond acceptors (Lipinski definition) is 9. The lowest BCUT2D eigenvalue weighted by Gasteiger charge is -2.38. The maximum absolute atomic E-state index is 12.0. The van der Waals surface area contributed by atoms with Gasteiger partial charge in [0.2, 0.25) is 0 Å². The topological polar surface area (TPSA) is 125 Å². The van der Waals surface area contributed by atoms with Crippen LogP contribution in [0.15, 0.2) is 57.3 Å². The Morgan fingerprint density at radius 1 is 1.19 bits per heavy atom. The van der Waals surface area contributed by atoms with Crippen molar-refractivity contribution in [2.75, 3.05) is 13.7 Å². The third-order valence-electron chi connectivity index (χ3n) is 7.29. The summed E-state index contributed by atoms with van der Waals surface area (Å²) >= 11 is 0. The molecule has 9 nitrogen and oxygen atoms in total. The Morgan fingerprint density at radius 2 is 1.89 bits per heavy atom. The van der Waals surface area contributed by atoms with E-state index in [4.69, 9.17) is 18.6 Å². The highest BCUT2D eigenvalue weighted by atomic mass is 16.7. The molecule has 1 unspecified atom stereocenters. The molecule has 2 N–H and O–H groups in total.